The van der Waals surface area contributed by atoms with Gasteiger partial charge in [-0.15, -0.1) is 0 Å². The van der Waals surface area contributed by atoms with Crippen molar-refractivity contribution in [1.29, 1.82) is 0 Å². The van der Waals surface area contributed by atoms with E-state index in [2.05, 4.69) is 0 Å². The maximum Gasteiger partial charge on any atom is 0.295 e. The number of carbonyl (C=O) groups is 2. The van der Waals surface area contributed by atoms with E-state index in [1.165, 1.54) is 0 Å². The van der Waals surface area contributed by atoms with Gasteiger partial charge in [0.1, 0.15) is 17.6 Å². The molecule has 0 bridgehead atoms. The third-order valence-corrected chi connectivity index (χ3v) is 6.30. The molecule has 0 spiro atoms. The number of ketones is 1. The maximum absolute atomic E-state index is 13.2. The van der Waals surface area contributed by atoms with Crippen molar-refractivity contribution in [3.05, 3.63) is 106 Å². The van der Waals surface area contributed by atoms with Gasteiger partial charge in [-0.1, -0.05) is 60.2 Å². The number of carbonyl (C=O) groups excluding carboxylic acids is 2. The van der Waals surface area contributed by atoms with E-state index in [4.69, 9.17) is 4.74 Å². The number of fused-ring (bicyclic) bond motifs is 1. The number of hydrogen-bond donors (Lipinski definition) is 1. The number of aryl methyl sites for hydroxylation is 1. The molecule has 5 heteroatoms. The minimum absolute atomic E-state index is 0.0707. The van der Waals surface area contributed by atoms with Crippen LogP contribution in [0.4, 0.5) is 0 Å². The van der Waals surface area contributed by atoms with Crippen molar-refractivity contribution in [1.82, 2.24) is 4.90 Å². The molecule has 33 heavy (non-hydrogen) atoms. The lowest BCUT2D eigenvalue weighted by molar-refractivity contribution is -0.140. The van der Waals surface area contributed by atoms with Crippen molar-refractivity contribution in [3.63, 3.8) is 0 Å². The third-order valence-electron chi connectivity index (χ3n) is 6.30. The lowest BCUT2D eigenvalue weighted by atomic mass is 9.94. The first kappa shape index (κ1) is 21.0. The Morgan fingerprint density at radius 3 is 2.48 bits per heavy atom. The number of ether oxygens (including phenoxy) is 1. The van der Waals surface area contributed by atoms with E-state index >= 15 is 0 Å². The summed E-state index contributed by atoms with van der Waals surface area (Å²) in [6.45, 7) is 4.25. The number of benzene rings is 3. The highest BCUT2D eigenvalue weighted by Crippen LogP contribution is 2.41. The van der Waals surface area contributed by atoms with Crippen LogP contribution in [0.25, 0.3) is 5.76 Å². The average Bonchev–Trinajstić information content (AvgIpc) is 3.31. The molecule has 2 aliphatic heterocycles. The van der Waals surface area contributed by atoms with E-state index in [0.29, 0.717) is 5.56 Å². The number of Topliss-reactive ketones (excluding diaryl/α,β-unsaturated/α-hetero) is 1. The van der Waals surface area contributed by atoms with Crippen LogP contribution in [0.2, 0.25) is 0 Å². The largest absolute Gasteiger partial charge is 0.507 e. The zero-order chi connectivity index (χ0) is 23.1. The minimum Gasteiger partial charge on any atom is -0.507 e. The average molecular weight is 440 g/mol. The predicted molar refractivity (Wildman–Crippen MR) is 126 cm³/mol. The predicted octanol–water partition coefficient (Wildman–Crippen LogP) is 4.94. The maximum atomic E-state index is 13.2. The van der Waals surface area contributed by atoms with Gasteiger partial charge in [-0.05, 0) is 48.7 Å². The van der Waals surface area contributed by atoms with E-state index < -0.39 is 17.7 Å². The Morgan fingerprint density at radius 1 is 1.03 bits per heavy atom. The molecule has 0 saturated carbocycles. The van der Waals surface area contributed by atoms with Crippen LogP contribution in [-0.2, 0) is 22.6 Å². The quantitative estimate of drug-likeness (QED) is 0.355. The van der Waals surface area contributed by atoms with E-state index in [1.54, 1.807) is 11.0 Å². The Labute approximate surface area is 192 Å². The molecule has 5 nitrogen and oxygen atoms in total. The van der Waals surface area contributed by atoms with Crippen LogP contribution < -0.4 is 4.74 Å². The van der Waals surface area contributed by atoms with Crippen LogP contribution in [0, 0.1) is 6.92 Å². The van der Waals surface area contributed by atoms with Gasteiger partial charge in [0.05, 0.1) is 11.6 Å². The van der Waals surface area contributed by atoms with E-state index in [-0.39, 0.29) is 24.0 Å². The fourth-order valence-electron chi connectivity index (χ4n) is 4.64. The first-order valence-corrected chi connectivity index (χ1v) is 11.1. The summed E-state index contributed by atoms with van der Waals surface area (Å²) >= 11 is 0. The number of amides is 1. The summed E-state index contributed by atoms with van der Waals surface area (Å²) in [5.74, 6) is -0.640. The topological polar surface area (TPSA) is 66.8 Å². The van der Waals surface area contributed by atoms with Crippen LogP contribution in [0.5, 0.6) is 5.75 Å². The molecule has 3 aromatic carbocycles. The van der Waals surface area contributed by atoms with Gasteiger partial charge in [0, 0.05) is 18.5 Å². The van der Waals surface area contributed by atoms with Crippen molar-refractivity contribution < 1.29 is 19.4 Å². The molecule has 0 radical (unpaired) electrons. The first-order valence-electron chi connectivity index (χ1n) is 11.1. The molecule has 5 rings (SSSR count). The second kappa shape index (κ2) is 8.24. The normalized spacial score (nSPS) is 21.2. The molecule has 2 aliphatic rings. The molecular formula is C28H25NO4. The summed E-state index contributed by atoms with van der Waals surface area (Å²) in [4.78, 5) is 27.9. The Morgan fingerprint density at radius 2 is 1.76 bits per heavy atom. The first-order chi connectivity index (χ1) is 15.9. The van der Waals surface area contributed by atoms with Crippen LogP contribution >= 0.6 is 0 Å². The fraction of sp³-hybridized carbons (Fsp3) is 0.214. The standard InChI is InChI=1S/C28H25NO4/c1-17-8-10-20(11-9-17)25-24(26(30)21-12-13-23-22(15-21)14-18(2)33-23)27(31)28(32)29(25)16-19-6-4-3-5-7-19/h3-13,15,18,25,30H,14,16H2,1-2H3/t18-,25-/m0/s1. The van der Waals surface area contributed by atoms with Crippen LogP contribution in [-0.4, -0.2) is 27.8 Å². The van der Waals surface area contributed by atoms with Crippen LogP contribution in [0.15, 0.2) is 78.4 Å². The fourth-order valence-corrected chi connectivity index (χ4v) is 4.64. The smallest absolute Gasteiger partial charge is 0.295 e. The highest BCUT2D eigenvalue weighted by molar-refractivity contribution is 6.46. The SMILES string of the molecule is Cc1ccc([C@H]2C(=C(O)c3ccc4c(c3)C[C@H](C)O4)C(=O)C(=O)N2Cc2ccccc2)cc1. The number of hydrogen-bond acceptors (Lipinski definition) is 4. The zero-order valence-electron chi connectivity index (χ0n) is 18.6. The van der Waals surface area contributed by atoms with E-state index in [0.717, 1.165) is 34.4 Å². The number of nitrogens with zero attached hydrogens (tertiary/aromatic N) is 1. The lowest BCUT2D eigenvalue weighted by Crippen LogP contribution is -2.29. The molecule has 0 aliphatic carbocycles. The van der Waals surface area contributed by atoms with E-state index in [1.807, 2.05) is 80.6 Å². The van der Waals surface area contributed by atoms with Gasteiger partial charge >= 0.3 is 0 Å². The van der Waals surface area contributed by atoms with Gasteiger partial charge in [-0.25, -0.2) is 0 Å². The molecule has 3 aromatic rings. The molecule has 0 unspecified atom stereocenters. The summed E-state index contributed by atoms with van der Waals surface area (Å²) in [5.41, 5.74) is 4.40. The van der Waals surface area contributed by atoms with Crippen molar-refractivity contribution in [2.24, 2.45) is 0 Å². The van der Waals surface area contributed by atoms with Crippen LogP contribution in [0.1, 0.15) is 40.8 Å². The molecule has 166 valence electrons. The van der Waals surface area contributed by atoms with Gasteiger partial charge in [0.25, 0.3) is 11.7 Å². The van der Waals surface area contributed by atoms with Gasteiger partial charge in [0.15, 0.2) is 0 Å². The molecule has 2 atom stereocenters. The summed E-state index contributed by atoms with van der Waals surface area (Å²) < 4.78 is 5.76. The van der Waals surface area contributed by atoms with Gasteiger partial charge in [-0.2, -0.15) is 0 Å². The summed E-state index contributed by atoms with van der Waals surface area (Å²) in [7, 11) is 0. The summed E-state index contributed by atoms with van der Waals surface area (Å²) in [5, 5.41) is 11.3. The van der Waals surface area contributed by atoms with Crippen molar-refractivity contribution >= 4 is 17.4 Å². The number of likely N-dealkylation sites (tertiary alicyclic amines) is 1. The second-order valence-electron chi connectivity index (χ2n) is 8.78. The second-order valence-corrected chi connectivity index (χ2v) is 8.78. The number of aliphatic hydroxyl groups excluding tert-OH is 1. The highest BCUT2D eigenvalue weighted by atomic mass is 16.5. The summed E-state index contributed by atoms with van der Waals surface area (Å²) in [6.07, 6.45) is 0.807. The Kier molecular flexibility index (Phi) is 5.25. The monoisotopic (exact) mass is 439 g/mol. The van der Waals surface area contributed by atoms with Crippen LogP contribution in [0.3, 0.4) is 0 Å². The summed E-state index contributed by atoms with van der Waals surface area (Å²) in [6, 6.07) is 22.0. The molecule has 1 amide bonds. The van der Waals surface area contributed by atoms with Gasteiger partial charge in [-0.3, -0.25) is 9.59 Å². The molecule has 1 N–H and O–H groups in total. The molecular weight excluding hydrogens is 414 g/mol. The highest BCUT2D eigenvalue weighted by Gasteiger charge is 2.46. The Balaban J connectivity index is 1.62. The zero-order valence-corrected chi connectivity index (χ0v) is 18.6. The molecule has 1 saturated heterocycles. The minimum atomic E-state index is -0.672. The van der Waals surface area contributed by atoms with Crippen molar-refractivity contribution in [2.75, 3.05) is 0 Å². The molecule has 1 fully saturated rings. The van der Waals surface area contributed by atoms with Crippen molar-refractivity contribution in [2.45, 2.75) is 39.0 Å². The van der Waals surface area contributed by atoms with Crippen molar-refractivity contribution in [3.8, 4) is 5.75 Å². The number of rotatable bonds is 4. The number of aliphatic hydroxyl groups is 1. The molecule has 0 aromatic heterocycles. The Bertz CT molecular complexity index is 1260. The van der Waals surface area contributed by atoms with Gasteiger partial charge in [0.2, 0.25) is 0 Å². The third kappa shape index (κ3) is 3.80. The van der Waals surface area contributed by atoms with E-state index in [9.17, 15) is 14.7 Å². The lowest BCUT2D eigenvalue weighted by Gasteiger charge is -2.25. The molecule has 2 heterocycles. The Hall–Kier alpha value is -3.86. The van der Waals surface area contributed by atoms with Gasteiger partial charge < -0.3 is 14.7 Å².